The average Bonchev–Trinajstić information content (AvgIpc) is 2.91. The Hall–Kier alpha value is -0.840. The Bertz CT molecular complexity index is 426. The summed E-state index contributed by atoms with van der Waals surface area (Å²) in [7, 11) is 0. The van der Waals surface area contributed by atoms with Crippen molar-refractivity contribution in [1.29, 1.82) is 0 Å². The van der Waals surface area contributed by atoms with Gasteiger partial charge < -0.3 is 28.4 Å². The molecule has 3 fully saturated rings. The maximum atomic E-state index is 5.89. The van der Waals surface area contributed by atoms with Gasteiger partial charge in [-0.25, -0.2) is 0 Å². The normalized spacial score (nSPS) is 45.0. The van der Waals surface area contributed by atoms with E-state index in [1.165, 1.54) is 0 Å². The molecule has 0 unspecified atom stereocenters. The van der Waals surface area contributed by atoms with Crippen LogP contribution in [0.3, 0.4) is 0 Å². The molecule has 0 aromatic rings. The van der Waals surface area contributed by atoms with Crippen molar-refractivity contribution in [2.24, 2.45) is 0 Å². The van der Waals surface area contributed by atoms with E-state index in [-0.39, 0.29) is 18.3 Å². The molecule has 6 nitrogen and oxygen atoms in total. The van der Waals surface area contributed by atoms with Crippen LogP contribution in [0, 0.1) is 12.5 Å². The van der Waals surface area contributed by atoms with E-state index < -0.39 is 24.0 Å². The molecule has 112 valence electrons. The molecule has 0 N–H and O–H groups in total. The molecule has 3 heterocycles. The average molecular weight is 284 g/mol. The lowest BCUT2D eigenvalue weighted by Gasteiger charge is -2.27. The summed E-state index contributed by atoms with van der Waals surface area (Å²) in [5.74, 6) is -1.34. The highest BCUT2D eigenvalue weighted by Gasteiger charge is 2.59. The maximum Gasteiger partial charge on any atom is 0.191 e. The molecule has 0 amide bonds. The molecule has 3 saturated heterocycles. The second-order valence-corrected chi connectivity index (χ2v) is 6.14. The van der Waals surface area contributed by atoms with E-state index in [1.54, 1.807) is 0 Å². The zero-order valence-electron chi connectivity index (χ0n) is 12.1. The fraction of sp³-hybridized carbons (Fsp3) is 0.857. The molecule has 3 aliphatic rings. The minimum atomic E-state index is -0.706. The van der Waals surface area contributed by atoms with Crippen molar-refractivity contribution in [3.8, 4) is 12.5 Å². The quantitative estimate of drug-likeness (QED) is 0.705. The van der Waals surface area contributed by atoms with E-state index in [0.29, 0.717) is 6.61 Å². The zero-order chi connectivity index (χ0) is 14.5. The van der Waals surface area contributed by atoms with Gasteiger partial charge in [-0.05, 0) is 27.7 Å². The molecule has 3 rings (SSSR count). The van der Waals surface area contributed by atoms with Gasteiger partial charge in [-0.2, -0.15) is 0 Å². The summed E-state index contributed by atoms with van der Waals surface area (Å²) >= 11 is 0. The minimum Gasteiger partial charge on any atom is -0.438 e. The van der Waals surface area contributed by atoms with E-state index in [9.17, 15) is 0 Å². The van der Waals surface area contributed by atoms with Crippen LogP contribution in [0.15, 0.2) is 0 Å². The molecule has 20 heavy (non-hydrogen) atoms. The van der Waals surface area contributed by atoms with Crippen molar-refractivity contribution < 1.29 is 28.4 Å². The minimum absolute atomic E-state index is 0.260. The Morgan fingerprint density at radius 2 is 1.80 bits per heavy atom. The van der Waals surface area contributed by atoms with Crippen molar-refractivity contribution in [1.82, 2.24) is 0 Å². The first-order valence-corrected chi connectivity index (χ1v) is 6.75. The Balaban J connectivity index is 1.75. The second-order valence-electron chi connectivity index (χ2n) is 6.14. The molecule has 0 bridgehead atoms. The molecule has 0 spiro atoms. The van der Waals surface area contributed by atoms with Gasteiger partial charge in [0.2, 0.25) is 0 Å². The SMILES string of the molecule is C#CO[C@@H]1[C@H]2OC(C)(C)O[C@H]2O[C@@H]1[C@H]1COC(C)(C)O1. The molecule has 0 radical (unpaired) electrons. The van der Waals surface area contributed by atoms with Gasteiger partial charge in [-0.3, -0.25) is 0 Å². The van der Waals surface area contributed by atoms with Crippen LogP contribution in [0.4, 0.5) is 0 Å². The van der Waals surface area contributed by atoms with Crippen molar-refractivity contribution in [2.75, 3.05) is 6.61 Å². The Kier molecular flexibility index (Phi) is 3.23. The lowest BCUT2D eigenvalue weighted by Crippen LogP contribution is -2.43. The summed E-state index contributed by atoms with van der Waals surface area (Å²) < 4.78 is 34.2. The highest BCUT2D eigenvalue weighted by Crippen LogP contribution is 2.41. The fourth-order valence-corrected chi connectivity index (χ4v) is 2.89. The van der Waals surface area contributed by atoms with E-state index in [0.717, 1.165) is 0 Å². The van der Waals surface area contributed by atoms with Gasteiger partial charge in [0.15, 0.2) is 30.1 Å². The third kappa shape index (κ3) is 2.41. The number of ether oxygens (including phenoxy) is 6. The molecule has 0 aliphatic carbocycles. The largest absolute Gasteiger partial charge is 0.438 e. The summed E-state index contributed by atoms with van der Waals surface area (Å²) in [6, 6.07) is 0. The monoisotopic (exact) mass is 284 g/mol. The third-order valence-electron chi connectivity index (χ3n) is 3.63. The lowest BCUT2D eigenvalue weighted by atomic mass is 10.1. The summed E-state index contributed by atoms with van der Waals surface area (Å²) in [6.45, 7) is 7.79. The predicted molar refractivity (Wildman–Crippen MR) is 67.3 cm³/mol. The van der Waals surface area contributed by atoms with Crippen LogP contribution in [0.5, 0.6) is 0 Å². The molecule has 6 heteroatoms. The van der Waals surface area contributed by atoms with Crippen LogP contribution >= 0.6 is 0 Å². The van der Waals surface area contributed by atoms with Crippen LogP contribution in [-0.4, -0.2) is 48.9 Å². The number of terminal acetylenes is 1. The first-order chi connectivity index (χ1) is 9.31. The Morgan fingerprint density at radius 3 is 2.40 bits per heavy atom. The molecule has 0 aromatic heterocycles. The standard InChI is InChI=1S/C14H20O6/c1-6-15-10-9(8-7-16-13(2,3)18-8)17-12-11(10)19-14(4,5)20-12/h1,8-12H,7H2,2-5H3/t8-,9-,10+,11-,12-/m1/s1. The fourth-order valence-electron chi connectivity index (χ4n) is 2.89. The number of fused-ring (bicyclic) bond motifs is 1. The molecular formula is C14H20O6. The summed E-state index contributed by atoms with van der Waals surface area (Å²) in [6.07, 6.45) is 5.55. The Labute approximate surface area is 118 Å². The first kappa shape index (κ1) is 14.1. The number of rotatable bonds is 2. The summed E-state index contributed by atoms with van der Waals surface area (Å²) in [4.78, 5) is 0. The van der Waals surface area contributed by atoms with E-state index >= 15 is 0 Å². The van der Waals surface area contributed by atoms with E-state index in [2.05, 4.69) is 6.11 Å². The molecule has 0 aromatic carbocycles. The van der Waals surface area contributed by atoms with Gasteiger partial charge in [-0.1, -0.05) is 6.42 Å². The van der Waals surface area contributed by atoms with E-state index in [4.69, 9.17) is 34.8 Å². The first-order valence-electron chi connectivity index (χ1n) is 6.75. The predicted octanol–water partition coefficient (Wildman–Crippen LogP) is 0.990. The summed E-state index contributed by atoms with van der Waals surface area (Å²) in [5.41, 5.74) is 0. The van der Waals surface area contributed by atoms with Gasteiger partial charge in [0.25, 0.3) is 0 Å². The van der Waals surface area contributed by atoms with Gasteiger partial charge in [0.05, 0.1) is 6.61 Å². The van der Waals surface area contributed by atoms with Crippen LogP contribution in [0.1, 0.15) is 27.7 Å². The number of hydrogen-bond acceptors (Lipinski definition) is 6. The smallest absolute Gasteiger partial charge is 0.191 e. The maximum absolute atomic E-state index is 5.89. The van der Waals surface area contributed by atoms with Crippen molar-refractivity contribution in [3.05, 3.63) is 0 Å². The number of hydrogen-bond donors (Lipinski definition) is 0. The van der Waals surface area contributed by atoms with Crippen LogP contribution in [-0.2, 0) is 28.4 Å². The van der Waals surface area contributed by atoms with Crippen molar-refractivity contribution in [3.63, 3.8) is 0 Å². The molecule has 3 aliphatic heterocycles. The Morgan fingerprint density at radius 1 is 1.05 bits per heavy atom. The molecule has 0 saturated carbocycles. The highest BCUT2D eigenvalue weighted by molar-refractivity contribution is 5.00. The van der Waals surface area contributed by atoms with Crippen LogP contribution < -0.4 is 0 Å². The van der Waals surface area contributed by atoms with E-state index in [1.807, 2.05) is 27.7 Å². The zero-order valence-corrected chi connectivity index (χ0v) is 12.1. The van der Waals surface area contributed by atoms with Gasteiger partial charge in [-0.15, -0.1) is 0 Å². The van der Waals surface area contributed by atoms with Crippen molar-refractivity contribution >= 4 is 0 Å². The van der Waals surface area contributed by atoms with Gasteiger partial charge in [0, 0.05) is 0 Å². The summed E-state index contributed by atoms with van der Waals surface area (Å²) in [5, 5.41) is 0. The second kappa shape index (κ2) is 4.58. The van der Waals surface area contributed by atoms with Crippen LogP contribution in [0.2, 0.25) is 0 Å². The van der Waals surface area contributed by atoms with Crippen LogP contribution in [0.25, 0.3) is 0 Å². The molecule has 5 atom stereocenters. The lowest BCUT2D eigenvalue weighted by molar-refractivity contribution is -0.231. The molecular weight excluding hydrogens is 264 g/mol. The highest BCUT2D eigenvalue weighted by atomic mass is 16.8. The van der Waals surface area contributed by atoms with Gasteiger partial charge in [0.1, 0.15) is 18.3 Å². The van der Waals surface area contributed by atoms with Gasteiger partial charge >= 0.3 is 0 Å². The topological polar surface area (TPSA) is 55.4 Å². The third-order valence-corrected chi connectivity index (χ3v) is 3.63. The van der Waals surface area contributed by atoms with Crippen molar-refractivity contribution in [2.45, 2.75) is 70.0 Å².